The van der Waals surface area contributed by atoms with E-state index < -0.39 is 15.9 Å². The van der Waals surface area contributed by atoms with Crippen LogP contribution in [0.1, 0.15) is 37.0 Å². The molecule has 0 aromatic heterocycles. The molecular formula is C14H22N2O4S. The van der Waals surface area contributed by atoms with E-state index in [1.165, 1.54) is 36.7 Å². The normalized spacial score (nSPS) is 13.2. The quantitative estimate of drug-likeness (QED) is 0.828. The second-order valence-corrected chi connectivity index (χ2v) is 6.88. The number of carbonyl (C=O) groups excluding carboxylic acids is 1. The number of methoxy groups -OCH3 is 1. The highest BCUT2D eigenvalue weighted by Crippen LogP contribution is 2.25. The Bertz CT molecular complexity index is 613. The molecule has 0 radical (unpaired) electrons. The Labute approximate surface area is 125 Å². The Morgan fingerprint density at radius 2 is 2.05 bits per heavy atom. The fraction of sp³-hybridized carbons (Fsp3) is 0.500. The first kappa shape index (κ1) is 17.5. The van der Waals surface area contributed by atoms with E-state index in [0.29, 0.717) is 0 Å². The highest BCUT2D eigenvalue weighted by Gasteiger charge is 2.26. The van der Waals surface area contributed by atoms with E-state index in [4.69, 9.17) is 10.5 Å². The van der Waals surface area contributed by atoms with E-state index in [1.807, 2.05) is 13.8 Å². The number of amides is 1. The summed E-state index contributed by atoms with van der Waals surface area (Å²) < 4.78 is 31.4. The van der Waals surface area contributed by atoms with Crippen molar-refractivity contribution in [1.29, 1.82) is 0 Å². The molecule has 2 N–H and O–H groups in total. The van der Waals surface area contributed by atoms with Crippen molar-refractivity contribution in [3.05, 3.63) is 23.8 Å². The van der Waals surface area contributed by atoms with Gasteiger partial charge < -0.3 is 10.5 Å². The number of hydrogen-bond donors (Lipinski definition) is 1. The largest absolute Gasteiger partial charge is 0.496 e. The topological polar surface area (TPSA) is 89.7 Å². The van der Waals surface area contributed by atoms with Gasteiger partial charge in [0.1, 0.15) is 5.75 Å². The van der Waals surface area contributed by atoms with Crippen LogP contribution in [0.3, 0.4) is 0 Å². The summed E-state index contributed by atoms with van der Waals surface area (Å²) in [6, 6.07) is 3.98. The third kappa shape index (κ3) is 3.74. The molecule has 0 saturated heterocycles. The molecule has 1 amide bonds. The fourth-order valence-corrected chi connectivity index (χ4v) is 3.46. The molecule has 0 saturated carbocycles. The number of primary amides is 1. The number of rotatable bonds is 7. The zero-order valence-corrected chi connectivity index (χ0v) is 13.6. The van der Waals surface area contributed by atoms with Gasteiger partial charge in [-0.3, -0.25) is 4.79 Å². The molecule has 1 unspecified atom stereocenters. The molecule has 0 aliphatic rings. The van der Waals surface area contributed by atoms with Gasteiger partial charge in [0, 0.05) is 13.1 Å². The van der Waals surface area contributed by atoms with Gasteiger partial charge in [0.05, 0.1) is 17.6 Å². The SMILES string of the molecule is CCCC(C)N(C)S(=O)(=O)c1ccc(OC)c(C(N)=O)c1. The lowest BCUT2D eigenvalue weighted by Crippen LogP contribution is -2.35. The summed E-state index contributed by atoms with van der Waals surface area (Å²) in [6.07, 6.45) is 1.64. The van der Waals surface area contributed by atoms with Crippen LogP contribution in [0.15, 0.2) is 23.1 Å². The molecule has 0 fully saturated rings. The van der Waals surface area contributed by atoms with Gasteiger partial charge in [0.2, 0.25) is 10.0 Å². The average Bonchev–Trinajstić information content (AvgIpc) is 2.45. The van der Waals surface area contributed by atoms with Crippen molar-refractivity contribution in [3.63, 3.8) is 0 Å². The molecule has 0 heterocycles. The molecule has 6 nitrogen and oxygen atoms in total. The molecule has 1 rings (SSSR count). The molecule has 118 valence electrons. The summed E-state index contributed by atoms with van der Waals surface area (Å²) in [5.74, 6) is -0.473. The Morgan fingerprint density at radius 1 is 1.43 bits per heavy atom. The predicted molar refractivity (Wildman–Crippen MR) is 80.8 cm³/mol. The van der Waals surface area contributed by atoms with Gasteiger partial charge >= 0.3 is 0 Å². The van der Waals surface area contributed by atoms with Crippen LogP contribution in [0.2, 0.25) is 0 Å². The Kier molecular flexibility index (Phi) is 5.74. The first-order valence-corrected chi connectivity index (χ1v) is 8.15. The van der Waals surface area contributed by atoms with Crippen LogP contribution in [0.5, 0.6) is 5.75 Å². The van der Waals surface area contributed by atoms with Gasteiger partial charge in [-0.25, -0.2) is 8.42 Å². The van der Waals surface area contributed by atoms with Crippen molar-refractivity contribution >= 4 is 15.9 Å². The minimum atomic E-state index is -3.67. The lowest BCUT2D eigenvalue weighted by atomic mass is 10.2. The van der Waals surface area contributed by atoms with Gasteiger partial charge in [-0.15, -0.1) is 0 Å². The fourth-order valence-electron chi connectivity index (χ4n) is 2.04. The maximum Gasteiger partial charge on any atom is 0.252 e. The number of sulfonamides is 1. The summed E-state index contributed by atoms with van der Waals surface area (Å²) in [6.45, 7) is 3.84. The average molecular weight is 314 g/mol. The van der Waals surface area contributed by atoms with Crippen molar-refractivity contribution in [2.75, 3.05) is 14.2 Å². The number of hydrogen-bond acceptors (Lipinski definition) is 4. The first-order valence-electron chi connectivity index (χ1n) is 6.71. The van der Waals surface area contributed by atoms with E-state index in [-0.39, 0.29) is 22.3 Å². The molecule has 0 aliphatic heterocycles. The lowest BCUT2D eigenvalue weighted by Gasteiger charge is -2.24. The van der Waals surface area contributed by atoms with Crippen molar-refractivity contribution in [3.8, 4) is 5.75 Å². The highest BCUT2D eigenvalue weighted by molar-refractivity contribution is 7.89. The molecule has 1 aromatic carbocycles. The van der Waals surface area contributed by atoms with Crippen molar-refractivity contribution in [2.24, 2.45) is 5.73 Å². The van der Waals surface area contributed by atoms with Crippen LogP contribution in [0.25, 0.3) is 0 Å². The van der Waals surface area contributed by atoms with Gasteiger partial charge in [-0.1, -0.05) is 13.3 Å². The Hall–Kier alpha value is -1.60. The van der Waals surface area contributed by atoms with Gasteiger partial charge in [-0.05, 0) is 31.5 Å². The third-order valence-electron chi connectivity index (χ3n) is 3.44. The standard InChI is InChI=1S/C14H22N2O4S/c1-5-6-10(2)16(3)21(18,19)11-7-8-13(20-4)12(9-11)14(15)17/h7-10H,5-6H2,1-4H3,(H2,15,17). The maximum atomic E-state index is 12.6. The minimum Gasteiger partial charge on any atom is -0.496 e. The van der Waals surface area contributed by atoms with E-state index >= 15 is 0 Å². The summed E-state index contributed by atoms with van der Waals surface area (Å²) in [4.78, 5) is 11.4. The van der Waals surface area contributed by atoms with Crippen LogP contribution in [0.4, 0.5) is 0 Å². The number of benzene rings is 1. The van der Waals surface area contributed by atoms with Gasteiger partial charge in [0.15, 0.2) is 0 Å². The zero-order chi connectivity index (χ0) is 16.2. The molecule has 21 heavy (non-hydrogen) atoms. The lowest BCUT2D eigenvalue weighted by molar-refractivity contribution is 0.0997. The van der Waals surface area contributed by atoms with Crippen molar-refractivity contribution in [2.45, 2.75) is 37.6 Å². The van der Waals surface area contributed by atoms with Crippen molar-refractivity contribution < 1.29 is 17.9 Å². The second-order valence-electron chi connectivity index (χ2n) is 4.89. The summed E-state index contributed by atoms with van der Waals surface area (Å²) in [5, 5.41) is 0. The highest BCUT2D eigenvalue weighted by atomic mass is 32.2. The summed E-state index contributed by atoms with van der Waals surface area (Å²) in [5.41, 5.74) is 5.31. The molecule has 0 aliphatic carbocycles. The van der Waals surface area contributed by atoms with Gasteiger partial charge in [-0.2, -0.15) is 4.31 Å². The van der Waals surface area contributed by atoms with E-state index in [1.54, 1.807) is 0 Å². The molecular weight excluding hydrogens is 292 g/mol. The second kappa shape index (κ2) is 6.91. The van der Waals surface area contributed by atoms with Crippen LogP contribution in [-0.2, 0) is 10.0 Å². The van der Waals surface area contributed by atoms with Crippen LogP contribution in [-0.4, -0.2) is 38.8 Å². The summed E-state index contributed by atoms with van der Waals surface area (Å²) in [7, 11) is -0.746. The number of nitrogens with two attached hydrogens (primary N) is 1. The number of ether oxygens (including phenoxy) is 1. The molecule has 1 aromatic rings. The summed E-state index contributed by atoms with van der Waals surface area (Å²) >= 11 is 0. The Balaban J connectivity index is 3.26. The maximum absolute atomic E-state index is 12.6. The minimum absolute atomic E-state index is 0.0301. The third-order valence-corrected chi connectivity index (χ3v) is 5.41. The van der Waals surface area contributed by atoms with E-state index in [0.717, 1.165) is 12.8 Å². The number of carbonyl (C=O) groups is 1. The Morgan fingerprint density at radius 3 is 2.52 bits per heavy atom. The van der Waals surface area contributed by atoms with E-state index in [2.05, 4.69) is 0 Å². The molecule has 7 heteroatoms. The van der Waals surface area contributed by atoms with Crippen molar-refractivity contribution in [1.82, 2.24) is 4.31 Å². The zero-order valence-electron chi connectivity index (χ0n) is 12.8. The molecule has 0 bridgehead atoms. The monoisotopic (exact) mass is 314 g/mol. The first-order chi connectivity index (χ1) is 9.75. The smallest absolute Gasteiger partial charge is 0.252 e. The number of nitrogens with zero attached hydrogens (tertiary/aromatic N) is 1. The molecule has 1 atom stereocenters. The van der Waals surface area contributed by atoms with Gasteiger partial charge in [0.25, 0.3) is 5.91 Å². The predicted octanol–water partition coefficient (Wildman–Crippen LogP) is 1.60. The van der Waals surface area contributed by atoms with Crippen LogP contribution in [0, 0.1) is 0 Å². The van der Waals surface area contributed by atoms with Crippen LogP contribution < -0.4 is 10.5 Å². The van der Waals surface area contributed by atoms with Crippen LogP contribution >= 0.6 is 0 Å². The van der Waals surface area contributed by atoms with E-state index in [9.17, 15) is 13.2 Å². The molecule has 0 spiro atoms.